The summed E-state index contributed by atoms with van der Waals surface area (Å²) >= 11 is 1.13. The Hall–Kier alpha value is -2.35. The summed E-state index contributed by atoms with van der Waals surface area (Å²) in [6, 6.07) is 7.98. The van der Waals surface area contributed by atoms with Crippen LogP contribution in [-0.2, 0) is 0 Å². The number of nitrogens with two attached hydrogens (primary N) is 1. The average Bonchev–Trinajstić information content (AvgIpc) is 2.38. The first kappa shape index (κ1) is 13.1. The average molecular weight is 278 g/mol. The minimum atomic E-state index is -0.440. The van der Waals surface area contributed by atoms with Crippen molar-refractivity contribution in [2.45, 2.75) is 9.92 Å². The summed E-state index contributed by atoms with van der Waals surface area (Å²) in [6.07, 6.45) is 0. The zero-order valence-corrected chi connectivity index (χ0v) is 10.8. The molecule has 0 saturated carbocycles. The van der Waals surface area contributed by atoms with E-state index in [9.17, 15) is 10.1 Å². The van der Waals surface area contributed by atoms with Crippen molar-refractivity contribution in [3.8, 4) is 5.88 Å². The topological polar surface area (TPSA) is 104 Å². The third kappa shape index (κ3) is 3.10. The molecule has 1 aromatic heterocycles. The molecule has 19 heavy (non-hydrogen) atoms. The van der Waals surface area contributed by atoms with Gasteiger partial charge >= 0.3 is 0 Å². The molecule has 0 amide bonds. The predicted molar refractivity (Wildman–Crippen MR) is 70.2 cm³/mol. The van der Waals surface area contributed by atoms with Crippen molar-refractivity contribution >= 4 is 23.4 Å². The number of benzene rings is 1. The van der Waals surface area contributed by atoms with Crippen LogP contribution in [0.25, 0.3) is 0 Å². The van der Waals surface area contributed by atoms with E-state index in [1.807, 2.05) is 0 Å². The molecular formula is C11H10N4O3S. The number of methoxy groups -OCH3 is 1. The van der Waals surface area contributed by atoms with E-state index >= 15 is 0 Å². The van der Waals surface area contributed by atoms with Gasteiger partial charge in [-0.1, -0.05) is 23.9 Å². The van der Waals surface area contributed by atoms with Crippen molar-refractivity contribution in [3.05, 3.63) is 40.4 Å². The highest BCUT2D eigenvalue weighted by molar-refractivity contribution is 7.99. The second kappa shape index (κ2) is 5.53. The second-order valence-corrected chi connectivity index (χ2v) is 4.50. The fourth-order valence-corrected chi connectivity index (χ4v) is 2.30. The minimum absolute atomic E-state index is 0.0173. The second-order valence-electron chi connectivity index (χ2n) is 3.43. The van der Waals surface area contributed by atoms with Crippen LogP contribution in [0.3, 0.4) is 0 Å². The molecule has 98 valence electrons. The van der Waals surface area contributed by atoms with Crippen LogP contribution in [0.1, 0.15) is 0 Å². The van der Waals surface area contributed by atoms with E-state index in [1.54, 1.807) is 24.3 Å². The minimum Gasteiger partial charge on any atom is -0.481 e. The van der Waals surface area contributed by atoms with E-state index in [0.717, 1.165) is 11.8 Å². The van der Waals surface area contributed by atoms with Crippen LogP contribution in [0, 0.1) is 10.1 Å². The molecule has 0 spiro atoms. The summed E-state index contributed by atoms with van der Waals surface area (Å²) in [6.45, 7) is 0. The van der Waals surface area contributed by atoms with E-state index < -0.39 is 4.92 Å². The largest absolute Gasteiger partial charge is 0.481 e. The summed E-state index contributed by atoms with van der Waals surface area (Å²) in [5, 5.41) is 11.4. The van der Waals surface area contributed by atoms with Gasteiger partial charge in [-0.15, -0.1) is 0 Å². The number of para-hydroxylation sites is 1. The smallest absolute Gasteiger partial charge is 0.283 e. The van der Waals surface area contributed by atoms with E-state index in [2.05, 4.69) is 9.97 Å². The van der Waals surface area contributed by atoms with Crippen LogP contribution in [0.2, 0.25) is 0 Å². The number of ether oxygens (including phenoxy) is 1. The van der Waals surface area contributed by atoms with Crippen molar-refractivity contribution in [2.75, 3.05) is 12.8 Å². The number of nitrogen functional groups attached to an aromatic ring is 1. The van der Waals surface area contributed by atoms with Crippen LogP contribution in [0.5, 0.6) is 5.88 Å². The molecule has 0 aliphatic rings. The van der Waals surface area contributed by atoms with Gasteiger partial charge in [-0.05, 0) is 6.07 Å². The van der Waals surface area contributed by atoms with Gasteiger partial charge in [-0.3, -0.25) is 10.1 Å². The van der Waals surface area contributed by atoms with Crippen molar-refractivity contribution in [1.82, 2.24) is 9.97 Å². The molecule has 0 unspecified atom stereocenters. The fraction of sp³-hybridized carbons (Fsp3) is 0.0909. The first-order chi connectivity index (χ1) is 9.10. The van der Waals surface area contributed by atoms with Gasteiger partial charge < -0.3 is 10.5 Å². The summed E-state index contributed by atoms with van der Waals surface area (Å²) in [5.74, 6) is 0.369. The molecule has 0 bridgehead atoms. The molecule has 1 heterocycles. The quantitative estimate of drug-likeness (QED) is 0.519. The Morgan fingerprint density at radius 3 is 2.79 bits per heavy atom. The van der Waals surface area contributed by atoms with Crippen molar-refractivity contribution in [3.63, 3.8) is 0 Å². The van der Waals surface area contributed by atoms with Gasteiger partial charge in [-0.2, -0.15) is 4.98 Å². The molecule has 8 heteroatoms. The maximum atomic E-state index is 10.9. The van der Waals surface area contributed by atoms with Crippen molar-refractivity contribution < 1.29 is 9.66 Å². The van der Waals surface area contributed by atoms with Crippen LogP contribution in [-0.4, -0.2) is 22.0 Å². The van der Waals surface area contributed by atoms with Gasteiger partial charge in [0.2, 0.25) is 11.8 Å². The maximum Gasteiger partial charge on any atom is 0.283 e. The molecule has 0 aliphatic carbocycles. The third-order valence-corrected chi connectivity index (χ3v) is 3.17. The van der Waals surface area contributed by atoms with Crippen LogP contribution in [0.15, 0.2) is 40.3 Å². The number of rotatable bonds is 4. The van der Waals surface area contributed by atoms with Gasteiger partial charge in [0.05, 0.1) is 16.9 Å². The van der Waals surface area contributed by atoms with Gasteiger partial charge in [0, 0.05) is 12.1 Å². The Balaban J connectivity index is 2.36. The van der Waals surface area contributed by atoms with Crippen LogP contribution < -0.4 is 10.5 Å². The molecule has 2 rings (SSSR count). The lowest BCUT2D eigenvalue weighted by atomic mass is 10.3. The molecule has 7 nitrogen and oxygen atoms in total. The normalized spacial score (nSPS) is 10.2. The number of hydrogen-bond acceptors (Lipinski definition) is 7. The molecule has 0 radical (unpaired) electrons. The fourth-order valence-electron chi connectivity index (χ4n) is 1.38. The Morgan fingerprint density at radius 2 is 2.11 bits per heavy atom. The lowest BCUT2D eigenvalue weighted by Crippen LogP contribution is -1.98. The van der Waals surface area contributed by atoms with Gasteiger partial charge in [0.25, 0.3) is 5.69 Å². The van der Waals surface area contributed by atoms with Gasteiger partial charge in [0.1, 0.15) is 5.03 Å². The Morgan fingerprint density at radius 1 is 1.37 bits per heavy atom. The number of aromatic nitrogens is 2. The van der Waals surface area contributed by atoms with Crippen molar-refractivity contribution in [2.24, 2.45) is 0 Å². The number of nitro benzene ring substituents is 1. The molecule has 1 aromatic carbocycles. The third-order valence-electron chi connectivity index (χ3n) is 2.18. The van der Waals surface area contributed by atoms with Crippen LogP contribution >= 0.6 is 11.8 Å². The van der Waals surface area contributed by atoms with Crippen LogP contribution in [0.4, 0.5) is 11.6 Å². The molecule has 0 saturated heterocycles. The SMILES string of the molecule is COc1cc(Sc2ccccc2[N+](=O)[O-])nc(N)n1. The number of nitrogens with zero attached hydrogens (tertiary/aromatic N) is 3. The molecule has 2 N–H and O–H groups in total. The highest BCUT2D eigenvalue weighted by atomic mass is 32.2. The molecular weight excluding hydrogens is 268 g/mol. The highest BCUT2D eigenvalue weighted by Gasteiger charge is 2.15. The first-order valence-corrected chi connectivity index (χ1v) is 6.01. The molecule has 0 fully saturated rings. The zero-order chi connectivity index (χ0) is 13.8. The molecule has 0 aliphatic heterocycles. The number of anilines is 1. The Bertz CT molecular complexity index is 621. The Labute approximate surface area is 113 Å². The summed E-state index contributed by atoms with van der Waals surface area (Å²) in [7, 11) is 1.46. The van der Waals surface area contributed by atoms with Crippen molar-refractivity contribution in [1.29, 1.82) is 0 Å². The standard InChI is InChI=1S/C11H10N4O3S/c1-18-9-6-10(14-11(12)13-9)19-8-5-3-2-4-7(8)15(16)17/h2-6H,1H3,(H2,12,13,14). The number of hydrogen-bond donors (Lipinski definition) is 1. The summed E-state index contributed by atoms with van der Waals surface area (Å²) < 4.78 is 4.97. The summed E-state index contributed by atoms with van der Waals surface area (Å²) in [5.41, 5.74) is 5.55. The molecule has 2 aromatic rings. The van der Waals surface area contributed by atoms with E-state index in [1.165, 1.54) is 13.2 Å². The van der Waals surface area contributed by atoms with E-state index in [-0.39, 0.29) is 11.6 Å². The van der Waals surface area contributed by atoms with E-state index in [4.69, 9.17) is 10.5 Å². The monoisotopic (exact) mass is 278 g/mol. The maximum absolute atomic E-state index is 10.9. The zero-order valence-electron chi connectivity index (χ0n) is 9.94. The number of nitro groups is 1. The van der Waals surface area contributed by atoms with Gasteiger partial charge in [0.15, 0.2) is 0 Å². The van der Waals surface area contributed by atoms with E-state index in [0.29, 0.717) is 15.8 Å². The lowest BCUT2D eigenvalue weighted by Gasteiger charge is -2.05. The Kier molecular flexibility index (Phi) is 3.81. The molecule has 0 atom stereocenters. The van der Waals surface area contributed by atoms with Gasteiger partial charge in [-0.25, -0.2) is 4.98 Å². The summed E-state index contributed by atoms with van der Waals surface area (Å²) in [4.78, 5) is 18.8. The lowest BCUT2D eigenvalue weighted by molar-refractivity contribution is -0.387. The predicted octanol–water partition coefficient (Wildman–Crippen LogP) is 2.13. The first-order valence-electron chi connectivity index (χ1n) is 5.20. The highest BCUT2D eigenvalue weighted by Crippen LogP contribution is 2.34.